The van der Waals surface area contributed by atoms with E-state index in [9.17, 15) is 4.79 Å². The van der Waals surface area contributed by atoms with Gasteiger partial charge in [-0.15, -0.1) is 0 Å². The van der Waals surface area contributed by atoms with E-state index < -0.39 is 0 Å². The number of ether oxygens (including phenoxy) is 2. The lowest BCUT2D eigenvalue weighted by molar-refractivity contribution is 0.0836. The van der Waals surface area contributed by atoms with Crippen LogP contribution >= 0.6 is 0 Å². The molecule has 0 saturated carbocycles. The van der Waals surface area contributed by atoms with Crippen LogP contribution < -0.4 is 15.8 Å². The molecule has 1 aromatic carbocycles. The molecule has 1 rings (SSSR count). The van der Waals surface area contributed by atoms with Crippen LogP contribution in [0.5, 0.6) is 5.75 Å². The third-order valence-electron chi connectivity index (χ3n) is 2.35. The van der Waals surface area contributed by atoms with Crippen molar-refractivity contribution in [1.82, 2.24) is 5.32 Å². The van der Waals surface area contributed by atoms with Crippen LogP contribution in [-0.4, -0.2) is 44.0 Å². The third-order valence-corrected chi connectivity index (χ3v) is 2.35. The monoisotopic (exact) mass is 268 g/mol. The second-order valence-electron chi connectivity index (χ2n) is 3.75. The average molecular weight is 268 g/mol. The predicted molar refractivity (Wildman–Crippen MR) is 72.3 cm³/mol. The number of nitrogen functional groups attached to an aromatic ring is 1. The van der Waals surface area contributed by atoms with E-state index in [1.807, 2.05) is 6.92 Å². The van der Waals surface area contributed by atoms with Crippen molar-refractivity contribution in [2.24, 2.45) is 0 Å². The van der Waals surface area contributed by atoms with Gasteiger partial charge in [0.2, 0.25) is 0 Å². The number of carbonyl (C=O) groups is 1. The molecule has 0 aliphatic heterocycles. The van der Waals surface area contributed by atoms with Crippen molar-refractivity contribution in [3.63, 3.8) is 0 Å². The Balaban J connectivity index is 2.60. The average Bonchev–Trinajstić information content (AvgIpc) is 2.39. The van der Waals surface area contributed by atoms with Gasteiger partial charge in [0.15, 0.2) is 0 Å². The number of benzene rings is 1. The molecule has 19 heavy (non-hydrogen) atoms. The van der Waals surface area contributed by atoms with E-state index >= 15 is 0 Å². The minimum absolute atomic E-state index is 0.0337. The Morgan fingerprint density at radius 1 is 1.42 bits per heavy atom. The highest BCUT2D eigenvalue weighted by Gasteiger charge is 2.15. The van der Waals surface area contributed by atoms with Crippen LogP contribution in [-0.2, 0) is 4.74 Å². The van der Waals surface area contributed by atoms with Crippen molar-refractivity contribution in [3.8, 4) is 5.75 Å². The van der Waals surface area contributed by atoms with Crippen LogP contribution in [0.1, 0.15) is 17.3 Å². The Hall–Kier alpha value is -1.79. The lowest BCUT2D eigenvalue weighted by Gasteiger charge is -2.12. The summed E-state index contributed by atoms with van der Waals surface area (Å²) in [5.41, 5.74) is 6.51. The summed E-state index contributed by atoms with van der Waals surface area (Å²) in [5, 5.41) is 11.2. The first-order valence-electron chi connectivity index (χ1n) is 6.18. The molecule has 0 bridgehead atoms. The number of amides is 1. The van der Waals surface area contributed by atoms with Gasteiger partial charge in [-0.2, -0.15) is 0 Å². The van der Waals surface area contributed by atoms with Gasteiger partial charge in [0.05, 0.1) is 26.4 Å². The zero-order valence-electron chi connectivity index (χ0n) is 11.0. The number of rotatable bonds is 8. The van der Waals surface area contributed by atoms with E-state index in [0.717, 1.165) is 0 Å². The molecule has 1 aromatic rings. The van der Waals surface area contributed by atoms with Gasteiger partial charge in [-0.1, -0.05) is 6.07 Å². The highest BCUT2D eigenvalue weighted by molar-refractivity contribution is 6.01. The Morgan fingerprint density at radius 2 is 2.21 bits per heavy atom. The van der Waals surface area contributed by atoms with E-state index in [1.54, 1.807) is 18.2 Å². The summed E-state index contributed by atoms with van der Waals surface area (Å²) >= 11 is 0. The van der Waals surface area contributed by atoms with Crippen LogP contribution in [0.15, 0.2) is 18.2 Å². The number of nitrogens with one attached hydrogen (secondary N) is 1. The van der Waals surface area contributed by atoms with Gasteiger partial charge in [0, 0.05) is 12.2 Å². The van der Waals surface area contributed by atoms with Gasteiger partial charge in [-0.25, -0.2) is 0 Å². The van der Waals surface area contributed by atoms with Gasteiger partial charge in [0.25, 0.3) is 5.91 Å². The molecule has 0 atom stereocenters. The quantitative estimate of drug-likeness (QED) is 0.469. The van der Waals surface area contributed by atoms with E-state index in [0.29, 0.717) is 36.8 Å². The van der Waals surface area contributed by atoms with Crippen LogP contribution in [0.3, 0.4) is 0 Å². The second kappa shape index (κ2) is 8.34. The minimum Gasteiger partial charge on any atom is -0.493 e. The molecule has 0 aromatic heterocycles. The normalized spacial score (nSPS) is 10.2. The van der Waals surface area contributed by atoms with Crippen molar-refractivity contribution in [3.05, 3.63) is 23.8 Å². The maximum atomic E-state index is 12.0. The van der Waals surface area contributed by atoms with Crippen LogP contribution in [0.4, 0.5) is 5.69 Å². The smallest absolute Gasteiger partial charge is 0.257 e. The van der Waals surface area contributed by atoms with Crippen LogP contribution in [0.25, 0.3) is 0 Å². The van der Waals surface area contributed by atoms with Crippen molar-refractivity contribution in [2.45, 2.75) is 6.92 Å². The fourth-order valence-electron chi connectivity index (χ4n) is 1.56. The van der Waals surface area contributed by atoms with Crippen molar-refractivity contribution in [2.75, 3.05) is 38.7 Å². The predicted octanol–water partition coefficient (Wildman–Crippen LogP) is 0.406. The first kappa shape index (κ1) is 15.3. The van der Waals surface area contributed by atoms with E-state index in [2.05, 4.69) is 5.32 Å². The maximum Gasteiger partial charge on any atom is 0.257 e. The molecule has 0 radical (unpaired) electrons. The maximum absolute atomic E-state index is 12.0. The lowest BCUT2D eigenvalue weighted by Crippen LogP contribution is -2.28. The summed E-state index contributed by atoms with van der Waals surface area (Å²) in [5.74, 6) is 0.172. The molecular weight excluding hydrogens is 248 g/mol. The fraction of sp³-hybridized carbons (Fsp3) is 0.462. The van der Waals surface area contributed by atoms with E-state index in [1.165, 1.54) is 0 Å². The Morgan fingerprint density at radius 3 is 2.89 bits per heavy atom. The Labute approximate surface area is 112 Å². The van der Waals surface area contributed by atoms with Gasteiger partial charge < -0.3 is 25.6 Å². The summed E-state index contributed by atoms with van der Waals surface area (Å²) in [4.78, 5) is 12.0. The van der Waals surface area contributed by atoms with Crippen LogP contribution in [0.2, 0.25) is 0 Å². The molecule has 0 aliphatic carbocycles. The van der Waals surface area contributed by atoms with Crippen molar-refractivity contribution in [1.29, 1.82) is 0 Å². The van der Waals surface area contributed by atoms with E-state index in [4.69, 9.17) is 20.3 Å². The lowest BCUT2D eigenvalue weighted by atomic mass is 10.1. The zero-order valence-corrected chi connectivity index (χ0v) is 11.0. The number of carbonyl (C=O) groups excluding carboxylic acids is 1. The highest BCUT2D eigenvalue weighted by atomic mass is 16.5. The number of hydrogen-bond acceptors (Lipinski definition) is 5. The third kappa shape index (κ3) is 4.76. The number of aliphatic hydroxyl groups is 1. The van der Waals surface area contributed by atoms with Gasteiger partial charge in [-0.3, -0.25) is 4.79 Å². The van der Waals surface area contributed by atoms with Gasteiger partial charge >= 0.3 is 0 Å². The summed E-state index contributed by atoms with van der Waals surface area (Å²) in [6.07, 6.45) is 0. The molecule has 0 fully saturated rings. The highest BCUT2D eigenvalue weighted by Crippen LogP contribution is 2.24. The molecule has 6 nitrogen and oxygen atoms in total. The van der Waals surface area contributed by atoms with Gasteiger partial charge in [-0.05, 0) is 19.1 Å². The number of hydrogen-bond donors (Lipinski definition) is 3. The summed E-state index contributed by atoms with van der Waals surface area (Å²) in [7, 11) is 0. The summed E-state index contributed by atoms with van der Waals surface area (Å²) in [6, 6.07) is 5.10. The molecule has 4 N–H and O–H groups in total. The topological polar surface area (TPSA) is 93.8 Å². The van der Waals surface area contributed by atoms with Crippen LogP contribution in [0, 0.1) is 0 Å². The molecule has 0 heterocycles. The first-order chi connectivity index (χ1) is 9.20. The summed E-state index contributed by atoms with van der Waals surface area (Å²) in [6.45, 7) is 3.21. The molecule has 0 saturated heterocycles. The largest absolute Gasteiger partial charge is 0.493 e. The molecule has 0 aliphatic rings. The second-order valence-corrected chi connectivity index (χ2v) is 3.75. The molecule has 6 heteroatoms. The Bertz CT molecular complexity index is 410. The fourth-order valence-corrected chi connectivity index (χ4v) is 1.56. The molecule has 0 spiro atoms. The first-order valence-corrected chi connectivity index (χ1v) is 6.18. The zero-order chi connectivity index (χ0) is 14.1. The summed E-state index contributed by atoms with van der Waals surface area (Å²) < 4.78 is 10.4. The van der Waals surface area contributed by atoms with Gasteiger partial charge in [0.1, 0.15) is 11.3 Å². The number of anilines is 1. The minimum atomic E-state index is -0.297. The molecule has 1 amide bonds. The van der Waals surface area contributed by atoms with E-state index in [-0.39, 0.29) is 19.1 Å². The Kier molecular flexibility index (Phi) is 6.70. The molecular formula is C13H20N2O4. The SMILES string of the molecule is CCOc1cccc(N)c1C(=O)NCCOCCO. The van der Waals surface area contributed by atoms with Crippen molar-refractivity contribution < 1.29 is 19.4 Å². The standard InChI is InChI=1S/C13H20N2O4/c1-2-19-11-5-3-4-10(14)12(11)13(17)15-6-8-18-9-7-16/h3-5,16H,2,6-9,14H2,1H3,(H,15,17). The number of nitrogens with two attached hydrogens (primary N) is 1. The molecule has 0 unspecified atom stereocenters. The molecule has 106 valence electrons. The van der Waals surface area contributed by atoms with Crippen molar-refractivity contribution >= 4 is 11.6 Å². The number of aliphatic hydroxyl groups excluding tert-OH is 1.